The average Bonchev–Trinajstić information content (AvgIpc) is 3.74. The molecule has 14 heteroatoms. The van der Waals surface area contributed by atoms with Crippen LogP contribution >= 0.6 is 11.3 Å². The molecule has 3 aromatic rings. The Balaban J connectivity index is 0.000000287. The number of nitrogens with one attached hydrogen (secondary N) is 4. The van der Waals surface area contributed by atoms with E-state index < -0.39 is 0 Å². The van der Waals surface area contributed by atoms with Crippen LogP contribution in [0.1, 0.15) is 36.5 Å². The summed E-state index contributed by atoms with van der Waals surface area (Å²) in [7, 11) is 7.93. The molecule has 0 fully saturated rings. The summed E-state index contributed by atoms with van der Waals surface area (Å²) < 4.78 is 0. The van der Waals surface area contributed by atoms with Crippen LogP contribution in [0, 0.1) is 0 Å². The molecule has 6 amide bonds. The van der Waals surface area contributed by atoms with Crippen molar-refractivity contribution in [2.45, 2.75) is 57.2 Å². The van der Waals surface area contributed by atoms with E-state index >= 15 is 0 Å². The van der Waals surface area contributed by atoms with Crippen LogP contribution in [-0.2, 0) is 28.9 Å². The van der Waals surface area contributed by atoms with Crippen LogP contribution in [0.15, 0.2) is 77.5 Å². The molecule has 4 rings (SSSR count). The Morgan fingerprint density at radius 1 is 0.698 bits per heavy atom. The second-order valence-corrected chi connectivity index (χ2v) is 14.4. The molecular formula is C39H55N7O6S. The molecule has 0 bridgehead atoms. The molecule has 0 radical (unpaired) electrons. The molecule has 288 valence electrons. The lowest BCUT2D eigenvalue weighted by Gasteiger charge is -2.25. The van der Waals surface area contributed by atoms with E-state index in [-0.39, 0.29) is 53.5 Å². The van der Waals surface area contributed by atoms with E-state index in [4.69, 9.17) is 0 Å². The fraction of sp³-hybridized carbons (Fsp3) is 0.436. The molecule has 2 aromatic carbocycles. The smallest absolute Gasteiger partial charge is 0.315 e. The van der Waals surface area contributed by atoms with Crippen molar-refractivity contribution in [1.29, 1.82) is 0 Å². The Bertz CT molecular complexity index is 1580. The number of hydrogen-bond donors (Lipinski definition) is 6. The van der Waals surface area contributed by atoms with Crippen molar-refractivity contribution >= 4 is 35.2 Å². The lowest BCUT2D eigenvalue weighted by atomic mass is 10.0. The van der Waals surface area contributed by atoms with Gasteiger partial charge in [-0.3, -0.25) is 14.5 Å². The van der Waals surface area contributed by atoms with Gasteiger partial charge in [0.15, 0.2) is 0 Å². The predicted molar refractivity (Wildman–Crippen MR) is 209 cm³/mol. The number of aromatic hydroxyl groups is 2. The van der Waals surface area contributed by atoms with Gasteiger partial charge in [-0.25, -0.2) is 9.59 Å². The first-order chi connectivity index (χ1) is 25.3. The van der Waals surface area contributed by atoms with Crippen molar-refractivity contribution in [2.24, 2.45) is 0 Å². The monoisotopic (exact) mass is 749 g/mol. The zero-order valence-electron chi connectivity index (χ0n) is 31.4. The maximum Gasteiger partial charge on any atom is 0.315 e. The molecule has 3 atom stereocenters. The van der Waals surface area contributed by atoms with Gasteiger partial charge in [0.25, 0.3) is 11.8 Å². The van der Waals surface area contributed by atoms with Crippen molar-refractivity contribution in [2.75, 3.05) is 54.4 Å². The minimum absolute atomic E-state index is 0.0875. The summed E-state index contributed by atoms with van der Waals surface area (Å²) in [6.45, 7) is 3.90. The quantitative estimate of drug-likeness (QED) is 0.0846. The van der Waals surface area contributed by atoms with Crippen LogP contribution in [0.4, 0.5) is 9.59 Å². The van der Waals surface area contributed by atoms with Gasteiger partial charge in [-0.05, 0) is 125 Å². The number of amides is 6. The lowest BCUT2D eigenvalue weighted by Crippen LogP contribution is -2.47. The molecule has 0 aliphatic carbocycles. The van der Waals surface area contributed by atoms with Gasteiger partial charge in [-0.15, -0.1) is 0 Å². The summed E-state index contributed by atoms with van der Waals surface area (Å²) >= 11 is 1.67. The van der Waals surface area contributed by atoms with E-state index in [1.165, 1.54) is 22.6 Å². The first-order valence-corrected chi connectivity index (χ1v) is 18.7. The fourth-order valence-corrected chi connectivity index (χ4v) is 6.18. The van der Waals surface area contributed by atoms with Crippen molar-refractivity contribution in [3.8, 4) is 11.5 Å². The second kappa shape index (κ2) is 22.2. The third kappa shape index (κ3) is 16.1. The summed E-state index contributed by atoms with van der Waals surface area (Å²) in [5, 5.41) is 34.5. The lowest BCUT2D eigenvalue weighted by molar-refractivity contribution is -0.136. The maximum atomic E-state index is 12.1. The Morgan fingerprint density at radius 3 is 1.68 bits per heavy atom. The number of hydrogen-bond acceptors (Lipinski definition) is 9. The standard InChI is InChI=1S/C20H28N4O4.C19H27N3O2S/c1-23(2)16(13-15-5-7-17(25)8-6-15)14-22-20(28)21-11-3-4-12-24-18(26)9-10-19(24)27;1-14(10-16-8-9-25-13-16)21-19(24)20-12-17(22(2)3)11-15-4-6-18(23)7-5-15/h5-10,16,25H,3-4,11-14H2,1-2H3,(H2,21,22,28);4-9,13-14,17,23H,10-12H2,1-3H3,(H2,20,21,24)/t16-;/m0./s1. The number of phenolic OH excluding ortho intramolecular Hbond substituents is 2. The van der Waals surface area contributed by atoms with Crippen LogP contribution in [0.3, 0.4) is 0 Å². The van der Waals surface area contributed by atoms with Crippen LogP contribution in [-0.4, -0.2) is 121 Å². The van der Waals surface area contributed by atoms with Gasteiger partial charge in [0, 0.05) is 56.5 Å². The predicted octanol–water partition coefficient (Wildman–Crippen LogP) is 3.73. The third-order valence-corrected chi connectivity index (χ3v) is 9.50. The number of likely N-dealkylation sites (N-methyl/N-ethyl adjacent to an activating group) is 2. The summed E-state index contributed by atoms with van der Waals surface area (Å²) in [6.07, 6.45) is 6.25. The molecule has 1 aliphatic heterocycles. The van der Waals surface area contributed by atoms with E-state index in [0.29, 0.717) is 39.0 Å². The number of thiophene rings is 1. The zero-order valence-corrected chi connectivity index (χ0v) is 32.2. The van der Waals surface area contributed by atoms with E-state index in [0.717, 1.165) is 30.4 Å². The SMILES string of the molecule is CC(Cc1ccsc1)NC(=O)NCC(Cc1ccc(O)cc1)N(C)C.CN(C)[C@H](CNC(=O)NCCCCN1C(=O)C=CC1=O)Cc1ccc(O)cc1. The van der Waals surface area contributed by atoms with Gasteiger partial charge in [0.2, 0.25) is 0 Å². The van der Waals surface area contributed by atoms with Gasteiger partial charge in [-0.1, -0.05) is 24.3 Å². The van der Waals surface area contributed by atoms with E-state index in [9.17, 15) is 29.4 Å². The number of imide groups is 1. The average molecular weight is 750 g/mol. The Kier molecular flexibility index (Phi) is 17.8. The zero-order chi connectivity index (χ0) is 38.8. The van der Waals surface area contributed by atoms with Crippen LogP contribution in [0.25, 0.3) is 0 Å². The number of rotatable bonds is 18. The molecule has 0 saturated heterocycles. The molecule has 2 unspecified atom stereocenters. The molecule has 2 heterocycles. The second-order valence-electron chi connectivity index (χ2n) is 13.6. The largest absolute Gasteiger partial charge is 0.508 e. The van der Waals surface area contributed by atoms with Gasteiger partial charge >= 0.3 is 12.1 Å². The Hall–Kier alpha value is -4.92. The minimum atomic E-state index is -0.279. The van der Waals surface area contributed by atoms with Gasteiger partial charge in [0.1, 0.15) is 11.5 Å². The molecular weight excluding hydrogens is 695 g/mol. The van der Waals surface area contributed by atoms with Crippen LogP contribution in [0.5, 0.6) is 11.5 Å². The van der Waals surface area contributed by atoms with Crippen molar-refractivity contribution in [1.82, 2.24) is 36.0 Å². The molecule has 53 heavy (non-hydrogen) atoms. The van der Waals surface area contributed by atoms with E-state index in [1.807, 2.05) is 69.7 Å². The summed E-state index contributed by atoms with van der Waals surface area (Å²) in [4.78, 5) is 52.3. The van der Waals surface area contributed by atoms with Crippen molar-refractivity contribution in [3.63, 3.8) is 0 Å². The summed E-state index contributed by atoms with van der Waals surface area (Å²) in [6, 6.07) is 16.3. The Labute approximate surface area is 317 Å². The number of benzene rings is 2. The molecule has 1 aliphatic rings. The number of carbonyl (C=O) groups excluding carboxylic acids is 4. The van der Waals surface area contributed by atoms with Gasteiger partial charge in [-0.2, -0.15) is 11.3 Å². The summed E-state index contributed by atoms with van der Waals surface area (Å²) in [5.74, 6) is -0.0576. The van der Waals surface area contributed by atoms with Gasteiger partial charge < -0.3 is 41.3 Å². The highest BCUT2D eigenvalue weighted by molar-refractivity contribution is 7.07. The van der Waals surface area contributed by atoms with Gasteiger partial charge in [0.05, 0.1) is 0 Å². The molecule has 6 N–H and O–H groups in total. The summed E-state index contributed by atoms with van der Waals surface area (Å²) in [5.41, 5.74) is 3.46. The minimum Gasteiger partial charge on any atom is -0.508 e. The number of nitrogens with zero attached hydrogens (tertiary/aromatic N) is 3. The van der Waals surface area contributed by atoms with E-state index in [1.54, 1.807) is 35.6 Å². The van der Waals surface area contributed by atoms with E-state index in [2.05, 4.69) is 37.6 Å². The molecule has 0 saturated carbocycles. The number of unbranched alkanes of at least 4 members (excludes halogenated alkanes) is 1. The maximum absolute atomic E-state index is 12.1. The fourth-order valence-electron chi connectivity index (χ4n) is 5.50. The number of phenols is 2. The highest BCUT2D eigenvalue weighted by atomic mass is 32.1. The highest BCUT2D eigenvalue weighted by Gasteiger charge is 2.22. The normalized spacial score (nSPS) is 14.1. The van der Waals surface area contributed by atoms with Crippen molar-refractivity contribution in [3.05, 3.63) is 94.2 Å². The molecule has 0 spiro atoms. The van der Waals surface area contributed by atoms with Crippen molar-refractivity contribution < 1.29 is 29.4 Å². The van der Waals surface area contributed by atoms with Crippen LogP contribution < -0.4 is 21.3 Å². The molecule has 13 nitrogen and oxygen atoms in total. The topological polar surface area (TPSA) is 167 Å². The van der Waals surface area contributed by atoms with Crippen LogP contribution in [0.2, 0.25) is 0 Å². The highest BCUT2D eigenvalue weighted by Crippen LogP contribution is 2.14. The first-order valence-electron chi connectivity index (χ1n) is 17.8. The Morgan fingerprint density at radius 2 is 1.21 bits per heavy atom. The molecule has 1 aromatic heterocycles. The number of carbonyl (C=O) groups is 4. The third-order valence-electron chi connectivity index (χ3n) is 8.77. The first kappa shape index (κ1) is 42.5. The number of urea groups is 2.